The zero-order valence-corrected chi connectivity index (χ0v) is 10.8. The summed E-state index contributed by atoms with van der Waals surface area (Å²) in [7, 11) is 0. The number of carbonyl (C=O) groups is 2. The highest BCUT2D eigenvalue weighted by Gasteiger charge is 2.30. The van der Waals surface area contributed by atoms with Crippen molar-refractivity contribution >= 4 is 22.9 Å². The Kier molecular flexibility index (Phi) is 3.09. The van der Waals surface area contributed by atoms with Gasteiger partial charge in [0.15, 0.2) is 0 Å². The van der Waals surface area contributed by atoms with E-state index in [0.717, 1.165) is 11.0 Å². The number of rotatable bonds is 3. The minimum atomic E-state index is -0.841. The molecule has 1 aromatic carbocycles. The summed E-state index contributed by atoms with van der Waals surface area (Å²) in [4.78, 5) is 24.6. The maximum absolute atomic E-state index is 12.2. The molecule has 0 aliphatic carbocycles. The summed E-state index contributed by atoms with van der Waals surface area (Å²) in [5, 5.41) is 16.9. The van der Waals surface area contributed by atoms with Crippen LogP contribution >= 0.6 is 0 Å². The lowest BCUT2D eigenvalue weighted by Crippen LogP contribution is -2.33. The van der Waals surface area contributed by atoms with Gasteiger partial charge < -0.3 is 10.0 Å². The Morgan fingerprint density at radius 1 is 1.35 bits per heavy atom. The highest BCUT2D eigenvalue weighted by Crippen LogP contribution is 2.17. The summed E-state index contributed by atoms with van der Waals surface area (Å²) in [5.74, 6) is -1.41. The summed E-state index contributed by atoms with van der Waals surface area (Å²) in [6.07, 6.45) is 0.513. The Hall–Kier alpha value is -2.44. The van der Waals surface area contributed by atoms with Gasteiger partial charge in [0.05, 0.1) is 11.4 Å². The van der Waals surface area contributed by atoms with Gasteiger partial charge in [0.25, 0.3) is 0 Å². The van der Waals surface area contributed by atoms with E-state index in [4.69, 9.17) is 5.11 Å². The molecule has 2 aromatic rings. The molecule has 7 heteroatoms. The van der Waals surface area contributed by atoms with Crippen molar-refractivity contribution in [3.8, 4) is 0 Å². The number of carboxylic acids is 1. The molecular formula is C13H14N4O3. The molecule has 2 heterocycles. The van der Waals surface area contributed by atoms with Crippen molar-refractivity contribution in [2.24, 2.45) is 5.92 Å². The quantitative estimate of drug-likeness (QED) is 0.873. The third kappa shape index (κ3) is 2.22. The summed E-state index contributed by atoms with van der Waals surface area (Å²) < 4.78 is 1.55. The number of carbonyl (C=O) groups excluding carboxylic acids is 1. The van der Waals surface area contributed by atoms with Crippen LogP contribution in [-0.4, -0.2) is 50.0 Å². The van der Waals surface area contributed by atoms with E-state index in [0.29, 0.717) is 13.0 Å². The first-order valence-corrected chi connectivity index (χ1v) is 6.44. The van der Waals surface area contributed by atoms with Crippen LogP contribution in [0.3, 0.4) is 0 Å². The zero-order valence-electron chi connectivity index (χ0n) is 10.8. The van der Waals surface area contributed by atoms with Crippen molar-refractivity contribution in [3.63, 3.8) is 0 Å². The fraction of sp³-hybridized carbons (Fsp3) is 0.385. The maximum Gasteiger partial charge on any atom is 0.308 e. The average Bonchev–Trinajstić information content (AvgIpc) is 3.06. The molecule has 1 aliphatic heterocycles. The predicted molar refractivity (Wildman–Crippen MR) is 69.9 cm³/mol. The maximum atomic E-state index is 12.2. The molecule has 3 rings (SSSR count). The van der Waals surface area contributed by atoms with Crippen molar-refractivity contribution in [1.82, 2.24) is 19.9 Å². The number of nitrogens with zero attached hydrogens (tertiary/aromatic N) is 4. The third-order valence-electron chi connectivity index (χ3n) is 3.60. The topological polar surface area (TPSA) is 88.3 Å². The highest BCUT2D eigenvalue weighted by atomic mass is 16.4. The van der Waals surface area contributed by atoms with Crippen LogP contribution in [0.4, 0.5) is 0 Å². The zero-order chi connectivity index (χ0) is 14.1. The normalized spacial score (nSPS) is 18.6. The molecule has 1 aromatic heterocycles. The van der Waals surface area contributed by atoms with Crippen LogP contribution in [-0.2, 0) is 16.1 Å². The number of aliphatic carboxylic acids is 1. The molecule has 1 atom stereocenters. The third-order valence-corrected chi connectivity index (χ3v) is 3.60. The molecule has 1 N–H and O–H groups in total. The van der Waals surface area contributed by atoms with E-state index in [2.05, 4.69) is 10.3 Å². The van der Waals surface area contributed by atoms with Crippen LogP contribution in [0.2, 0.25) is 0 Å². The molecule has 104 valence electrons. The molecule has 1 aliphatic rings. The summed E-state index contributed by atoms with van der Waals surface area (Å²) in [5.41, 5.74) is 1.54. The van der Waals surface area contributed by atoms with E-state index in [1.165, 1.54) is 0 Å². The average molecular weight is 274 g/mol. The Labute approximate surface area is 114 Å². The number of carboxylic acid groups (broad SMARTS) is 1. The first kappa shape index (κ1) is 12.6. The fourth-order valence-electron chi connectivity index (χ4n) is 2.45. The minimum absolute atomic E-state index is 0.0901. The molecule has 7 nitrogen and oxygen atoms in total. The molecule has 0 bridgehead atoms. The first-order chi connectivity index (χ1) is 9.65. The van der Waals surface area contributed by atoms with Crippen molar-refractivity contribution < 1.29 is 14.7 Å². The summed E-state index contributed by atoms with van der Waals surface area (Å²) in [6.45, 7) is 0.857. The molecule has 0 saturated carbocycles. The summed E-state index contributed by atoms with van der Waals surface area (Å²) in [6, 6.07) is 7.41. The van der Waals surface area contributed by atoms with E-state index in [-0.39, 0.29) is 19.0 Å². The SMILES string of the molecule is O=C(O)[C@H]1CCN(C(=O)Cn2nnc3ccccc32)C1. The lowest BCUT2D eigenvalue weighted by Gasteiger charge is -2.15. The number of aromatic nitrogens is 3. The second-order valence-corrected chi connectivity index (χ2v) is 4.90. The molecule has 0 spiro atoms. The van der Waals surface area contributed by atoms with Gasteiger partial charge in [0.2, 0.25) is 5.91 Å². The fourth-order valence-corrected chi connectivity index (χ4v) is 2.45. The minimum Gasteiger partial charge on any atom is -0.481 e. The van der Waals surface area contributed by atoms with Crippen molar-refractivity contribution in [2.45, 2.75) is 13.0 Å². The van der Waals surface area contributed by atoms with Gasteiger partial charge in [-0.3, -0.25) is 9.59 Å². The van der Waals surface area contributed by atoms with Gasteiger partial charge in [-0.05, 0) is 18.6 Å². The Morgan fingerprint density at radius 3 is 2.90 bits per heavy atom. The molecular weight excluding hydrogens is 260 g/mol. The van der Waals surface area contributed by atoms with E-state index in [1.54, 1.807) is 9.58 Å². The van der Waals surface area contributed by atoms with Crippen molar-refractivity contribution in [1.29, 1.82) is 0 Å². The number of amides is 1. The number of hydrogen-bond acceptors (Lipinski definition) is 4. The largest absolute Gasteiger partial charge is 0.481 e. The van der Waals surface area contributed by atoms with Gasteiger partial charge in [-0.15, -0.1) is 5.10 Å². The predicted octanol–water partition coefficient (Wildman–Crippen LogP) is 0.364. The van der Waals surface area contributed by atoms with E-state index in [1.807, 2.05) is 24.3 Å². The van der Waals surface area contributed by atoms with Gasteiger partial charge in [-0.1, -0.05) is 17.3 Å². The number of fused-ring (bicyclic) bond motifs is 1. The van der Waals surface area contributed by atoms with E-state index < -0.39 is 11.9 Å². The van der Waals surface area contributed by atoms with Crippen LogP contribution < -0.4 is 0 Å². The van der Waals surface area contributed by atoms with Crippen LogP contribution in [0.15, 0.2) is 24.3 Å². The first-order valence-electron chi connectivity index (χ1n) is 6.44. The molecule has 0 unspecified atom stereocenters. The molecule has 1 amide bonds. The van der Waals surface area contributed by atoms with Gasteiger partial charge >= 0.3 is 5.97 Å². The number of para-hydroxylation sites is 1. The lowest BCUT2D eigenvalue weighted by molar-refractivity contribution is -0.141. The monoisotopic (exact) mass is 274 g/mol. The van der Waals surface area contributed by atoms with Crippen LogP contribution in [0.25, 0.3) is 11.0 Å². The van der Waals surface area contributed by atoms with Crippen molar-refractivity contribution in [2.75, 3.05) is 13.1 Å². The standard InChI is InChI=1S/C13H14N4O3/c18-12(16-6-5-9(7-16)13(19)20)8-17-11-4-2-1-3-10(11)14-15-17/h1-4,9H,5-8H2,(H,19,20)/t9-/m0/s1. The van der Waals surface area contributed by atoms with E-state index in [9.17, 15) is 9.59 Å². The number of hydrogen-bond donors (Lipinski definition) is 1. The van der Waals surface area contributed by atoms with Gasteiger partial charge in [0.1, 0.15) is 12.1 Å². The Bertz CT molecular complexity index is 666. The lowest BCUT2D eigenvalue weighted by atomic mass is 10.1. The smallest absolute Gasteiger partial charge is 0.308 e. The van der Waals surface area contributed by atoms with Gasteiger partial charge in [-0.25, -0.2) is 4.68 Å². The number of likely N-dealkylation sites (tertiary alicyclic amines) is 1. The molecule has 20 heavy (non-hydrogen) atoms. The Balaban J connectivity index is 1.72. The second kappa shape index (κ2) is 4.92. The van der Waals surface area contributed by atoms with Gasteiger partial charge in [0, 0.05) is 13.1 Å². The van der Waals surface area contributed by atoms with Crippen LogP contribution in [0.1, 0.15) is 6.42 Å². The molecule has 0 radical (unpaired) electrons. The van der Waals surface area contributed by atoms with Crippen LogP contribution in [0.5, 0.6) is 0 Å². The van der Waals surface area contributed by atoms with E-state index >= 15 is 0 Å². The van der Waals surface area contributed by atoms with Crippen LogP contribution in [0, 0.1) is 5.92 Å². The Morgan fingerprint density at radius 2 is 2.15 bits per heavy atom. The molecule has 1 fully saturated rings. The van der Waals surface area contributed by atoms with Gasteiger partial charge in [-0.2, -0.15) is 0 Å². The molecule has 1 saturated heterocycles. The second-order valence-electron chi connectivity index (χ2n) is 4.90. The summed E-state index contributed by atoms with van der Waals surface area (Å²) >= 11 is 0. The van der Waals surface area contributed by atoms with Crippen molar-refractivity contribution in [3.05, 3.63) is 24.3 Å². The highest BCUT2D eigenvalue weighted by molar-refractivity contribution is 5.81. The number of benzene rings is 1.